The molecule has 2 aromatic heterocycles. The number of esters is 2. The standard InChI is InChI=1S/C17H22N3O2S2.C13H12N2O2S2/c1-11-5-6-12-14(9-11)24-16(18-12)15-19-13(10-23-15)17(21)22-8-7-20(2,3)4;1-7-3-4-8-10(5-7)19-12(14-8)11-15-9(6-18-11)13(16)17-2/h5-6,9,13H,7-8,10H2,1-4H3;3-5,9H,6H2,1-2H3/q+1;/t13-;9-/m11/s1. The summed E-state index contributed by atoms with van der Waals surface area (Å²) in [7, 11) is 7.61. The molecular formula is C30H34N5O4S4+. The molecule has 0 N–H and O–H groups in total. The van der Waals surface area contributed by atoms with Gasteiger partial charge in [-0.15, -0.1) is 46.2 Å². The van der Waals surface area contributed by atoms with Crippen molar-refractivity contribution < 1.29 is 23.5 Å². The first-order valence-corrected chi connectivity index (χ1v) is 17.3. The van der Waals surface area contributed by atoms with Crippen molar-refractivity contribution in [1.82, 2.24) is 9.97 Å². The summed E-state index contributed by atoms with van der Waals surface area (Å²) in [4.78, 5) is 41.8. The van der Waals surface area contributed by atoms with Gasteiger partial charge in [0, 0.05) is 11.5 Å². The number of ether oxygens (including phenoxy) is 2. The lowest BCUT2D eigenvalue weighted by atomic mass is 10.2. The molecule has 4 heterocycles. The number of thiazole rings is 2. The number of aliphatic imine (C=N–C) groups is 2. The molecule has 226 valence electrons. The predicted octanol–water partition coefficient (Wildman–Crippen LogP) is 5.36. The SMILES string of the molecule is COC(=O)[C@H]1CSC(c2nc3ccc(C)cc3s2)=N1.Cc1ccc2nc(C3=N[C@@H](C(=O)OCC[N+](C)(C)C)CS3)sc2c1. The predicted molar refractivity (Wildman–Crippen MR) is 180 cm³/mol. The number of nitrogens with zero attached hydrogens (tertiary/aromatic N) is 5. The summed E-state index contributed by atoms with van der Waals surface area (Å²) in [6.45, 7) is 5.35. The van der Waals surface area contributed by atoms with Gasteiger partial charge in [-0.3, -0.25) is 9.98 Å². The number of carbonyl (C=O) groups is 2. The van der Waals surface area contributed by atoms with E-state index in [4.69, 9.17) is 9.47 Å². The highest BCUT2D eigenvalue weighted by atomic mass is 32.2. The summed E-state index contributed by atoms with van der Waals surface area (Å²) >= 11 is 6.39. The number of hydrogen-bond donors (Lipinski definition) is 0. The van der Waals surface area contributed by atoms with Crippen LogP contribution in [-0.2, 0) is 19.1 Å². The van der Waals surface area contributed by atoms with Gasteiger partial charge in [-0.1, -0.05) is 12.1 Å². The highest BCUT2D eigenvalue weighted by Crippen LogP contribution is 2.31. The van der Waals surface area contributed by atoms with Gasteiger partial charge >= 0.3 is 11.9 Å². The maximum absolute atomic E-state index is 12.2. The first kappa shape index (κ1) is 31.6. The van der Waals surface area contributed by atoms with Crippen molar-refractivity contribution in [3.05, 3.63) is 57.5 Å². The van der Waals surface area contributed by atoms with Gasteiger partial charge in [0.2, 0.25) is 0 Å². The molecule has 13 heteroatoms. The molecule has 0 unspecified atom stereocenters. The molecule has 0 saturated carbocycles. The second kappa shape index (κ2) is 13.4. The Morgan fingerprint density at radius 3 is 1.77 bits per heavy atom. The lowest BCUT2D eigenvalue weighted by Gasteiger charge is -2.23. The van der Waals surface area contributed by atoms with Crippen molar-refractivity contribution in [3.63, 3.8) is 0 Å². The molecule has 2 aromatic carbocycles. The molecule has 43 heavy (non-hydrogen) atoms. The van der Waals surface area contributed by atoms with Crippen molar-refractivity contribution in [3.8, 4) is 0 Å². The van der Waals surface area contributed by atoms with Crippen LogP contribution in [0.5, 0.6) is 0 Å². The molecule has 0 spiro atoms. The van der Waals surface area contributed by atoms with Crippen LogP contribution in [0.4, 0.5) is 0 Å². The van der Waals surface area contributed by atoms with Gasteiger partial charge in [0.25, 0.3) is 0 Å². The van der Waals surface area contributed by atoms with E-state index in [9.17, 15) is 9.59 Å². The largest absolute Gasteiger partial charge is 0.467 e. The smallest absolute Gasteiger partial charge is 0.332 e. The summed E-state index contributed by atoms with van der Waals surface area (Å²) in [6.07, 6.45) is 0. The van der Waals surface area contributed by atoms with Crippen LogP contribution in [0.3, 0.4) is 0 Å². The van der Waals surface area contributed by atoms with E-state index >= 15 is 0 Å². The van der Waals surface area contributed by atoms with Gasteiger partial charge in [-0.2, -0.15) is 0 Å². The Morgan fingerprint density at radius 2 is 1.30 bits per heavy atom. The molecule has 0 radical (unpaired) electrons. The summed E-state index contributed by atoms with van der Waals surface area (Å²) in [6, 6.07) is 11.6. The Kier molecular flexibility index (Phi) is 9.86. The van der Waals surface area contributed by atoms with Crippen molar-refractivity contribution in [1.29, 1.82) is 0 Å². The summed E-state index contributed by atoms with van der Waals surface area (Å²) in [5, 5.41) is 3.47. The van der Waals surface area contributed by atoms with Gasteiger partial charge in [-0.25, -0.2) is 19.6 Å². The second-order valence-electron chi connectivity index (χ2n) is 11.2. The van der Waals surface area contributed by atoms with E-state index in [0.29, 0.717) is 18.1 Å². The molecule has 2 atom stereocenters. The number of thioether (sulfide) groups is 2. The van der Waals surface area contributed by atoms with E-state index in [1.807, 2.05) is 18.2 Å². The third kappa shape index (κ3) is 8.01. The number of quaternary nitrogens is 1. The number of benzene rings is 2. The Balaban J connectivity index is 0.000000176. The molecule has 0 saturated heterocycles. The minimum Gasteiger partial charge on any atom is -0.467 e. The summed E-state index contributed by atoms with van der Waals surface area (Å²) < 4.78 is 13.2. The number of hydrogen-bond acceptors (Lipinski definition) is 12. The average molecular weight is 657 g/mol. The highest BCUT2D eigenvalue weighted by molar-refractivity contribution is 8.15. The topological polar surface area (TPSA) is 103 Å². The number of aromatic nitrogens is 2. The van der Waals surface area contributed by atoms with E-state index in [1.165, 1.54) is 18.2 Å². The zero-order valence-corrected chi connectivity index (χ0v) is 28.2. The quantitative estimate of drug-likeness (QED) is 0.194. The molecule has 0 amide bonds. The normalized spacial score (nSPS) is 18.3. The van der Waals surface area contributed by atoms with E-state index in [2.05, 4.69) is 73.1 Å². The van der Waals surface area contributed by atoms with Crippen molar-refractivity contribution in [2.45, 2.75) is 25.9 Å². The number of methoxy groups -OCH3 is 1. The first-order chi connectivity index (χ1) is 20.5. The third-order valence-corrected chi connectivity index (χ3v) is 10.9. The van der Waals surface area contributed by atoms with Crippen LogP contribution in [0, 0.1) is 13.8 Å². The van der Waals surface area contributed by atoms with Crippen LogP contribution in [-0.4, -0.2) is 101 Å². The van der Waals surface area contributed by atoms with E-state index < -0.39 is 12.1 Å². The number of aryl methyl sites for hydroxylation is 2. The molecule has 0 fully saturated rings. The van der Waals surface area contributed by atoms with Crippen molar-refractivity contribution >= 4 is 88.7 Å². The monoisotopic (exact) mass is 656 g/mol. The number of fused-ring (bicyclic) bond motifs is 2. The molecular weight excluding hydrogens is 623 g/mol. The van der Waals surface area contributed by atoms with Crippen LogP contribution in [0.15, 0.2) is 46.4 Å². The van der Waals surface area contributed by atoms with Crippen molar-refractivity contribution in [2.24, 2.45) is 9.98 Å². The van der Waals surface area contributed by atoms with E-state index in [-0.39, 0.29) is 11.9 Å². The lowest BCUT2D eigenvalue weighted by molar-refractivity contribution is -0.870. The maximum atomic E-state index is 12.2. The molecule has 2 aliphatic rings. The Morgan fingerprint density at radius 1 is 0.814 bits per heavy atom. The molecule has 2 aliphatic heterocycles. The molecule has 0 bridgehead atoms. The minimum atomic E-state index is -0.411. The van der Waals surface area contributed by atoms with Gasteiger partial charge < -0.3 is 14.0 Å². The number of likely N-dealkylation sites (N-methyl/N-ethyl adjacent to an activating group) is 1. The second-order valence-corrected chi connectivity index (χ2v) is 15.3. The van der Waals surface area contributed by atoms with Crippen LogP contribution in [0.1, 0.15) is 21.1 Å². The fraction of sp³-hybridized carbons (Fsp3) is 0.400. The van der Waals surface area contributed by atoms with Crippen LogP contribution >= 0.6 is 46.2 Å². The average Bonchev–Trinajstić information content (AvgIpc) is 3.76. The first-order valence-electron chi connectivity index (χ1n) is 13.7. The molecule has 6 rings (SSSR count). The molecule has 9 nitrogen and oxygen atoms in total. The zero-order chi connectivity index (χ0) is 30.7. The Hall–Kier alpha value is -2.84. The van der Waals surface area contributed by atoms with Gasteiger partial charge in [0.1, 0.15) is 33.3 Å². The van der Waals surface area contributed by atoms with Gasteiger partial charge in [-0.05, 0) is 49.2 Å². The fourth-order valence-corrected chi connectivity index (χ4v) is 8.43. The fourth-order valence-electron chi connectivity index (χ4n) is 4.12. The zero-order valence-electron chi connectivity index (χ0n) is 24.9. The minimum absolute atomic E-state index is 0.233. The van der Waals surface area contributed by atoms with Gasteiger partial charge in [0.15, 0.2) is 12.1 Å². The van der Waals surface area contributed by atoms with Crippen LogP contribution in [0.25, 0.3) is 20.4 Å². The summed E-state index contributed by atoms with van der Waals surface area (Å²) in [5.41, 5.74) is 4.40. The lowest BCUT2D eigenvalue weighted by Crippen LogP contribution is -2.38. The van der Waals surface area contributed by atoms with Crippen LogP contribution < -0.4 is 0 Å². The van der Waals surface area contributed by atoms with Crippen LogP contribution in [0.2, 0.25) is 0 Å². The van der Waals surface area contributed by atoms with Crippen molar-refractivity contribution in [2.75, 3.05) is 52.9 Å². The van der Waals surface area contributed by atoms with E-state index in [1.54, 1.807) is 46.2 Å². The Labute approximate surface area is 267 Å². The van der Waals surface area contributed by atoms with Gasteiger partial charge in [0.05, 0.1) is 48.7 Å². The molecule has 4 aromatic rings. The number of rotatable bonds is 7. The summed E-state index contributed by atoms with van der Waals surface area (Å²) in [5.74, 6) is 0.757. The number of carbonyl (C=O) groups excluding carboxylic acids is 2. The maximum Gasteiger partial charge on any atom is 0.332 e. The highest BCUT2D eigenvalue weighted by Gasteiger charge is 2.29. The molecule has 0 aliphatic carbocycles. The Bertz CT molecular complexity index is 1720. The van der Waals surface area contributed by atoms with E-state index in [0.717, 1.165) is 51.6 Å². The third-order valence-electron chi connectivity index (χ3n) is 6.51.